The minimum Gasteiger partial charge on any atom is -0.508 e. The summed E-state index contributed by atoms with van der Waals surface area (Å²) in [7, 11) is 0. The zero-order valence-corrected chi connectivity index (χ0v) is 15.3. The van der Waals surface area contributed by atoms with Crippen molar-refractivity contribution in [1.82, 2.24) is 0 Å². The number of phenols is 4. The quantitative estimate of drug-likeness (QED) is 0.543. The van der Waals surface area contributed by atoms with Crippen LogP contribution in [-0.4, -0.2) is 20.4 Å². The fourth-order valence-corrected chi connectivity index (χ4v) is 2.44. The van der Waals surface area contributed by atoms with Crippen molar-refractivity contribution < 1.29 is 25.2 Å². The summed E-state index contributed by atoms with van der Waals surface area (Å²) in [5, 5.41) is 38.1. The third kappa shape index (κ3) is 5.21. The second-order valence-corrected chi connectivity index (χ2v) is 5.54. The van der Waals surface area contributed by atoms with Crippen LogP contribution in [0.3, 0.4) is 0 Å². The number of phenolic OH excluding ortho intramolecular Hbond substituents is 4. The van der Waals surface area contributed by atoms with Crippen molar-refractivity contribution >= 4 is 0 Å². The smallest absolute Gasteiger partial charge is 0.157 e. The normalized spacial score (nSPS) is 14.8. The SMILES string of the molecule is CC.CCC.Oc1cc(O)c2c(c1)O[C@H](c1ccc(O)c(O)c1)CC2. The van der Waals surface area contributed by atoms with Gasteiger partial charge in [-0.05, 0) is 30.5 Å². The summed E-state index contributed by atoms with van der Waals surface area (Å²) >= 11 is 0. The Balaban J connectivity index is 0.000000567. The van der Waals surface area contributed by atoms with E-state index in [2.05, 4.69) is 13.8 Å². The highest BCUT2D eigenvalue weighted by molar-refractivity contribution is 5.51. The molecule has 0 unspecified atom stereocenters. The van der Waals surface area contributed by atoms with Gasteiger partial charge in [0.05, 0.1) is 0 Å². The Morgan fingerprint density at radius 2 is 1.56 bits per heavy atom. The summed E-state index contributed by atoms with van der Waals surface area (Å²) in [6.45, 7) is 8.25. The Bertz CT molecular complexity index is 682. The molecule has 138 valence electrons. The molecule has 1 heterocycles. The minimum absolute atomic E-state index is 0.0204. The van der Waals surface area contributed by atoms with E-state index in [1.807, 2.05) is 13.8 Å². The van der Waals surface area contributed by atoms with Gasteiger partial charge >= 0.3 is 0 Å². The number of rotatable bonds is 1. The number of hydrogen-bond donors (Lipinski definition) is 4. The Morgan fingerprint density at radius 3 is 2.16 bits per heavy atom. The summed E-state index contributed by atoms with van der Waals surface area (Å²) in [6.07, 6.45) is 2.19. The summed E-state index contributed by atoms with van der Waals surface area (Å²) in [5.41, 5.74) is 1.40. The molecule has 4 N–H and O–H groups in total. The fourth-order valence-electron chi connectivity index (χ4n) is 2.44. The maximum Gasteiger partial charge on any atom is 0.157 e. The van der Waals surface area contributed by atoms with Gasteiger partial charge in [0.25, 0.3) is 0 Å². The molecule has 2 aromatic rings. The molecule has 0 saturated heterocycles. The highest BCUT2D eigenvalue weighted by atomic mass is 16.5. The van der Waals surface area contributed by atoms with Gasteiger partial charge in [-0.1, -0.05) is 40.2 Å². The van der Waals surface area contributed by atoms with Crippen LogP contribution in [-0.2, 0) is 6.42 Å². The second kappa shape index (κ2) is 9.67. The zero-order chi connectivity index (χ0) is 19.0. The molecule has 2 aromatic carbocycles. The van der Waals surface area contributed by atoms with Crippen LogP contribution in [0.1, 0.15) is 57.8 Å². The van der Waals surface area contributed by atoms with Gasteiger partial charge < -0.3 is 25.2 Å². The predicted octanol–water partition coefficient (Wildman–Crippen LogP) is 5.02. The summed E-state index contributed by atoms with van der Waals surface area (Å²) in [4.78, 5) is 0. The molecule has 0 aromatic heterocycles. The van der Waals surface area contributed by atoms with Crippen LogP contribution < -0.4 is 4.74 Å². The maximum atomic E-state index is 9.76. The maximum absolute atomic E-state index is 9.76. The van der Waals surface area contributed by atoms with Crippen LogP contribution in [0, 0.1) is 0 Å². The van der Waals surface area contributed by atoms with E-state index in [-0.39, 0.29) is 29.1 Å². The van der Waals surface area contributed by atoms with Crippen LogP contribution in [0.15, 0.2) is 30.3 Å². The van der Waals surface area contributed by atoms with E-state index in [1.165, 1.54) is 30.7 Å². The topological polar surface area (TPSA) is 90.2 Å². The predicted molar refractivity (Wildman–Crippen MR) is 98.5 cm³/mol. The van der Waals surface area contributed by atoms with E-state index >= 15 is 0 Å². The zero-order valence-electron chi connectivity index (χ0n) is 15.3. The molecule has 0 spiro atoms. The summed E-state index contributed by atoms with van der Waals surface area (Å²) in [6, 6.07) is 7.28. The van der Waals surface area contributed by atoms with Crippen LogP contribution in [0.5, 0.6) is 28.7 Å². The Morgan fingerprint density at radius 1 is 0.920 bits per heavy atom. The number of aromatic hydroxyl groups is 4. The molecule has 0 fully saturated rings. The highest BCUT2D eigenvalue weighted by Gasteiger charge is 2.24. The van der Waals surface area contributed by atoms with Crippen LogP contribution in [0.4, 0.5) is 0 Å². The van der Waals surface area contributed by atoms with Crippen molar-refractivity contribution in [3.63, 3.8) is 0 Å². The van der Waals surface area contributed by atoms with Crippen molar-refractivity contribution in [2.24, 2.45) is 0 Å². The highest BCUT2D eigenvalue weighted by Crippen LogP contribution is 2.42. The molecule has 0 bridgehead atoms. The molecule has 5 nitrogen and oxygen atoms in total. The number of benzene rings is 2. The van der Waals surface area contributed by atoms with Crippen molar-refractivity contribution in [2.75, 3.05) is 0 Å². The average molecular weight is 348 g/mol. The number of ether oxygens (including phenoxy) is 1. The van der Waals surface area contributed by atoms with Gasteiger partial charge in [0.2, 0.25) is 0 Å². The van der Waals surface area contributed by atoms with Crippen molar-refractivity contribution in [2.45, 2.75) is 53.1 Å². The van der Waals surface area contributed by atoms with E-state index in [4.69, 9.17) is 4.74 Å². The lowest BCUT2D eigenvalue weighted by Gasteiger charge is -2.27. The van der Waals surface area contributed by atoms with Crippen LogP contribution >= 0.6 is 0 Å². The molecule has 1 aliphatic rings. The first-order valence-corrected chi connectivity index (χ1v) is 8.69. The molecule has 5 heteroatoms. The third-order valence-corrected chi connectivity index (χ3v) is 3.47. The lowest BCUT2D eigenvalue weighted by Crippen LogP contribution is -2.15. The van der Waals surface area contributed by atoms with Gasteiger partial charge in [0.15, 0.2) is 11.5 Å². The van der Waals surface area contributed by atoms with Gasteiger partial charge in [0.1, 0.15) is 23.4 Å². The van der Waals surface area contributed by atoms with Gasteiger partial charge in [-0.25, -0.2) is 0 Å². The Kier molecular flexibility index (Phi) is 7.92. The Hall–Kier alpha value is -2.56. The van der Waals surface area contributed by atoms with E-state index < -0.39 is 0 Å². The van der Waals surface area contributed by atoms with Crippen LogP contribution in [0.25, 0.3) is 0 Å². The summed E-state index contributed by atoms with van der Waals surface area (Å²) < 4.78 is 5.76. The minimum atomic E-state index is -0.296. The van der Waals surface area contributed by atoms with Gasteiger partial charge in [-0.2, -0.15) is 0 Å². The molecular formula is C20H28O5. The molecule has 3 rings (SSSR count). The molecule has 1 atom stereocenters. The molecular weight excluding hydrogens is 320 g/mol. The van der Waals surface area contributed by atoms with Crippen molar-refractivity contribution in [1.29, 1.82) is 0 Å². The van der Waals surface area contributed by atoms with E-state index in [0.29, 0.717) is 24.2 Å². The van der Waals surface area contributed by atoms with Gasteiger partial charge in [-0.3, -0.25) is 0 Å². The molecule has 0 radical (unpaired) electrons. The molecule has 0 amide bonds. The van der Waals surface area contributed by atoms with Gasteiger partial charge in [-0.15, -0.1) is 0 Å². The van der Waals surface area contributed by atoms with Gasteiger partial charge in [0, 0.05) is 17.7 Å². The largest absolute Gasteiger partial charge is 0.508 e. The van der Waals surface area contributed by atoms with E-state index in [0.717, 1.165) is 5.56 Å². The van der Waals surface area contributed by atoms with Crippen LogP contribution in [0.2, 0.25) is 0 Å². The first-order chi connectivity index (χ1) is 12.0. The fraction of sp³-hybridized carbons (Fsp3) is 0.400. The Labute approximate surface area is 149 Å². The molecule has 1 aliphatic heterocycles. The van der Waals surface area contributed by atoms with Crippen molar-refractivity contribution in [3.8, 4) is 28.7 Å². The third-order valence-electron chi connectivity index (χ3n) is 3.47. The van der Waals surface area contributed by atoms with Crippen molar-refractivity contribution in [3.05, 3.63) is 41.5 Å². The van der Waals surface area contributed by atoms with E-state index in [1.54, 1.807) is 6.07 Å². The first kappa shape index (κ1) is 20.5. The monoisotopic (exact) mass is 348 g/mol. The molecule has 25 heavy (non-hydrogen) atoms. The number of hydrogen-bond acceptors (Lipinski definition) is 5. The lowest BCUT2D eigenvalue weighted by atomic mass is 9.96. The van der Waals surface area contributed by atoms with E-state index in [9.17, 15) is 20.4 Å². The standard InChI is InChI=1S/C15H14O5.C3H8.C2H6/c16-9-6-12(18)10-2-4-14(20-15(10)7-9)8-1-3-11(17)13(19)5-8;1-3-2;1-2/h1,3,5-7,14,16-19H,2,4H2;3H2,1-2H3;1-2H3/t14-;;/m0../s1. The molecule has 0 aliphatic carbocycles. The number of fused-ring (bicyclic) bond motifs is 1. The lowest BCUT2D eigenvalue weighted by molar-refractivity contribution is 0.173. The summed E-state index contributed by atoms with van der Waals surface area (Å²) in [5.74, 6) is 0.0182. The molecule has 0 saturated carbocycles. The average Bonchev–Trinajstić information content (AvgIpc) is 2.59. The first-order valence-electron chi connectivity index (χ1n) is 8.69. The second-order valence-electron chi connectivity index (χ2n) is 5.54.